The Kier molecular flexibility index (Phi) is 3.97. The first-order chi connectivity index (χ1) is 9.58. The number of rotatable bonds is 4. The predicted octanol–water partition coefficient (Wildman–Crippen LogP) is 1.51. The zero-order valence-corrected chi connectivity index (χ0v) is 11.9. The van der Waals surface area contributed by atoms with Crippen LogP contribution in [-0.2, 0) is 20.1 Å². The van der Waals surface area contributed by atoms with Gasteiger partial charge in [-0.1, -0.05) is 0 Å². The summed E-state index contributed by atoms with van der Waals surface area (Å²) in [7, 11) is 1.89. The highest BCUT2D eigenvalue weighted by Crippen LogP contribution is 2.21. The van der Waals surface area contributed by atoms with Crippen molar-refractivity contribution in [3.63, 3.8) is 0 Å². The first kappa shape index (κ1) is 14.0. The smallest absolute Gasteiger partial charge is 0.296 e. The van der Waals surface area contributed by atoms with E-state index in [-0.39, 0.29) is 11.2 Å². The van der Waals surface area contributed by atoms with Crippen LogP contribution < -0.4 is 15.9 Å². The van der Waals surface area contributed by atoms with Gasteiger partial charge in [-0.15, -0.1) is 10.2 Å². The average molecular weight is 275 g/mol. The highest BCUT2D eigenvalue weighted by molar-refractivity contribution is 5.56. The van der Waals surface area contributed by atoms with E-state index in [4.69, 9.17) is 5.73 Å². The van der Waals surface area contributed by atoms with Gasteiger partial charge in [0, 0.05) is 19.2 Å². The van der Waals surface area contributed by atoms with Crippen LogP contribution in [0.3, 0.4) is 0 Å². The highest BCUT2D eigenvalue weighted by atomic mass is 16.1. The zero-order chi connectivity index (χ0) is 14.7. The van der Waals surface area contributed by atoms with E-state index in [1.807, 2.05) is 50.0 Å². The van der Waals surface area contributed by atoms with Gasteiger partial charge in [-0.2, -0.15) is 0 Å². The Morgan fingerprint density at radius 2 is 1.95 bits per heavy atom. The third-order valence-corrected chi connectivity index (χ3v) is 3.04. The van der Waals surface area contributed by atoms with Gasteiger partial charge in [0.2, 0.25) is 0 Å². The molecule has 0 amide bonds. The van der Waals surface area contributed by atoms with E-state index in [9.17, 15) is 4.79 Å². The van der Waals surface area contributed by atoms with Gasteiger partial charge in [0.15, 0.2) is 23.9 Å². The summed E-state index contributed by atoms with van der Waals surface area (Å²) >= 11 is 0. The fourth-order valence-electron chi connectivity index (χ4n) is 2.08. The van der Waals surface area contributed by atoms with Crippen molar-refractivity contribution >= 4 is 17.2 Å². The molecule has 0 saturated heterocycles. The van der Waals surface area contributed by atoms with Crippen LogP contribution >= 0.6 is 0 Å². The summed E-state index contributed by atoms with van der Waals surface area (Å²) in [6, 6.07) is 3.67. The van der Waals surface area contributed by atoms with Crippen molar-refractivity contribution in [2.75, 3.05) is 5.73 Å². The zero-order valence-electron chi connectivity index (χ0n) is 11.9. The van der Waals surface area contributed by atoms with Crippen LogP contribution in [0.4, 0.5) is 17.2 Å². The van der Waals surface area contributed by atoms with Gasteiger partial charge in [0.25, 0.3) is 5.56 Å². The van der Waals surface area contributed by atoms with Crippen LogP contribution in [0.5, 0.6) is 0 Å². The lowest BCUT2D eigenvalue weighted by atomic mass is 10.4. The van der Waals surface area contributed by atoms with Crippen LogP contribution in [-0.4, -0.2) is 9.36 Å². The quantitative estimate of drug-likeness (QED) is 0.678. The second kappa shape index (κ2) is 5.68. The van der Waals surface area contributed by atoms with Gasteiger partial charge >= 0.3 is 0 Å². The van der Waals surface area contributed by atoms with Crippen molar-refractivity contribution in [3.8, 4) is 0 Å². The Balaban J connectivity index is 2.44. The molecule has 0 atom stereocenters. The number of nitrogens with zero attached hydrogens (tertiary/aromatic N) is 5. The minimum Gasteiger partial charge on any atom is -0.382 e. The molecule has 2 rings (SSSR count). The third-order valence-electron chi connectivity index (χ3n) is 3.04. The Labute approximate surface area is 117 Å². The van der Waals surface area contributed by atoms with Crippen molar-refractivity contribution in [3.05, 3.63) is 34.9 Å². The number of aromatic nitrogens is 3. The maximum Gasteiger partial charge on any atom is 0.296 e. The Bertz CT molecular complexity index is 697. The Hall–Kier alpha value is -2.44. The van der Waals surface area contributed by atoms with E-state index in [0.717, 1.165) is 0 Å². The third kappa shape index (κ3) is 2.47. The van der Waals surface area contributed by atoms with E-state index in [1.54, 1.807) is 9.36 Å². The van der Waals surface area contributed by atoms with E-state index in [1.165, 1.54) is 0 Å². The summed E-state index contributed by atoms with van der Waals surface area (Å²) in [5.41, 5.74) is 6.62. The van der Waals surface area contributed by atoms with Crippen LogP contribution in [0.1, 0.15) is 13.8 Å². The molecule has 0 aliphatic heterocycles. The summed E-state index contributed by atoms with van der Waals surface area (Å²) < 4.78 is 5.13. The van der Waals surface area contributed by atoms with Gasteiger partial charge in [-0.25, -0.2) is 9.25 Å². The molecule has 2 aromatic heterocycles. The normalized spacial score (nSPS) is 11.3. The standard InChI is InChI=1S/C13H18N6O/c1-4-18-12(14)11(13(20)19(18)5-2)16-15-10-7-6-8-17(3)9-10/h6-9H,4-5H2,1-3H3,(H-,14,15,20)/p+1. The predicted molar refractivity (Wildman–Crippen MR) is 76.2 cm³/mol. The summed E-state index contributed by atoms with van der Waals surface area (Å²) in [5, 5.41) is 8.11. The number of azo groups is 1. The highest BCUT2D eigenvalue weighted by Gasteiger charge is 2.15. The minimum atomic E-state index is -0.212. The number of hydrogen-bond acceptors (Lipinski definition) is 4. The molecule has 20 heavy (non-hydrogen) atoms. The topological polar surface area (TPSA) is 81.6 Å². The Morgan fingerprint density at radius 1 is 1.25 bits per heavy atom. The van der Waals surface area contributed by atoms with Crippen LogP contribution in [0.2, 0.25) is 0 Å². The molecule has 0 fully saturated rings. The monoisotopic (exact) mass is 275 g/mol. The molecule has 0 bridgehead atoms. The molecule has 0 aliphatic carbocycles. The van der Waals surface area contributed by atoms with Gasteiger partial charge < -0.3 is 5.73 Å². The molecule has 0 saturated carbocycles. The summed E-state index contributed by atoms with van der Waals surface area (Å²) in [4.78, 5) is 12.2. The molecule has 2 heterocycles. The molecule has 0 unspecified atom stereocenters. The molecule has 0 radical (unpaired) electrons. The number of anilines is 1. The maximum atomic E-state index is 12.2. The number of hydrogen-bond donors (Lipinski definition) is 1. The molecule has 7 nitrogen and oxygen atoms in total. The molecule has 7 heteroatoms. The lowest BCUT2D eigenvalue weighted by Crippen LogP contribution is -2.25. The van der Waals surface area contributed by atoms with Crippen molar-refractivity contribution in [2.24, 2.45) is 17.3 Å². The largest absolute Gasteiger partial charge is 0.382 e. The van der Waals surface area contributed by atoms with Gasteiger partial charge in [-0.3, -0.25) is 9.48 Å². The number of aryl methyl sites for hydroxylation is 1. The summed E-state index contributed by atoms with van der Waals surface area (Å²) in [5.74, 6) is 0.350. The first-order valence-corrected chi connectivity index (χ1v) is 6.54. The molecule has 106 valence electrons. The maximum absolute atomic E-state index is 12.2. The van der Waals surface area contributed by atoms with Gasteiger partial charge in [-0.05, 0) is 19.9 Å². The lowest BCUT2D eigenvalue weighted by molar-refractivity contribution is -0.670. The molecule has 2 N–H and O–H groups in total. The van der Waals surface area contributed by atoms with E-state index in [0.29, 0.717) is 24.6 Å². The van der Waals surface area contributed by atoms with Crippen molar-refractivity contribution in [2.45, 2.75) is 26.9 Å². The molecule has 0 spiro atoms. The molecular formula is C13H19N6O+. The van der Waals surface area contributed by atoms with E-state index in [2.05, 4.69) is 10.2 Å². The minimum absolute atomic E-state index is 0.195. The van der Waals surface area contributed by atoms with Crippen molar-refractivity contribution in [1.82, 2.24) is 9.36 Å². The number of nitrogens with two attached hydrogens (primary N) is 1. The van der Waals surface area contributed by atoms with E-state index >= 15 is 0 Å². The second-order valence-corrected chi connectivity index (χ2v) is 4.40. The second-order valence-electron chi connectivity index (χ2n) is 4.40. The van der Waals surface area contributed by atoms with E-state index < -0.39 is 0 Å². The fraction of sp³-hybridized carbons (Fsp3) is 0.385. The van der Waals surface area contributed by atoms with Crippen molar-refractivity contribution in [1.29, 1.82) is 0 Å². The molecular weight excluding hydrogens is 256 g/mol. The molecule has 2 aromatic rings. The first-order valence-electron chi connectivity index (χ1n) is 6.54. The Morgan fingerprint density at radius 3 is 2.50 bits per heavy atom. The van der Waals surface area contributed by atoms with Crippen molar-refractivity contribution < 1.29 is 4.57 Å². The van der Waals surface area contributed by atoms with Crippen LogP contribution in [0.25, 0.3) is 0 Å². The summed E-state index contributed by atoms with van der Waals surface area (Å²) in [6.45, 7) is 4.99. The van der Waals surface area contributed by atoms with Gasteiger partial charge in [0.1, 0.15) is 12.7 Å². The SMILES string of the molecule is CCn1c(N)c(/N=N/c2ccc[n+](C)c2)c(=O)n1CC. The molecule has 0 aliphatic rings. The van der Waals surface area contributed by atoms with Crippen LogP contribution in [0.15, 0.2) is 39.5 Å². The number of pyridine rings is 1. The summed E-state index contributed by atoms with van der Waals surface area (Å²) in [6.07, 6.45) is 3.71. The fourth-order valence-corrected chi connectivity index (χ4v) is 2.08. The van der Waals surface area contributed by atoms with Crippen LogP contribution in [0, 0.1) is 0 Å². The molecule has 0 aromatic carbocycles. The average Bonchev–Trinajstić information content (AvgIpc) is 2.67. The van der Waals surface area contributed by atoms with Gasteiger partial charge in [0.05, 0.1) is 0 Å². The lowest BCUT2D eigenvalue weighted by Gasteiger charge is -2.07. The number of nitrogen functional groups attached to an aromatic ring is 1.